The first-order valence-electron chi connectivity index (χ1n) is 13.5. The molecule has 2 aromatic heterocycles. The molecule has 242 valence electrons. The standard InChI is InChI=1S/C24H31N5O.2C2HF3O2/c1-26-13-14-27(16-19-7-5-8-20(15-19)30-2)18-22(26)21-17-29-23(25-21)9-6-10-24(29)28-11-3-4-12-28;2*3-2(4,5)1(6)7/h5-10,15,17,22H,3-4,11-14,16,18H2,1-2H3;2*(H,6,7). The summed E-state index contributed by atoms with van der Waals surface area (Å²) in [6.07, 6.45) is -5.34. The van der Waals surface area contributed by atoms with E-state index in [-0.39, 0.29) is 0 Å². The maximum atomic E-state index is 10.6. The van der Waals surface area contributed by atoms with Crippen molar-refractivity contribution >= 4 is 23.4 Å². The number of likely N-dealkylation sites (N-methyl/N-ethyl adjacent to an activating group) is 1. The molecule has 0 bridgehead atoms. The number of aliphatic carboxylic acids is 2. The maximum absolute atomic E-state index is 10.6. The number of anilines is 1. The van der Waals surface area contributed by atoms with E-state index >= 15 is 0 Å². The van der Waals surface area contributed by atoms with Crippen molar-refractivity contribution in [3.63, 3.8) is 0 Å². The number of aromatic nitrogens is 2. The number of carboxylic acids is 2. The van der Waals surface area contributed by atoms with Crippen molar-refractivity contribution in [2.75, 3.05) is 51.8 Å². The van der Waals surface area contributed by atoms with Gasteiger partial charge in [0.05, 0.1) is 18.8 Å². The Bertz CT molecular complexity index is 1380. The number of imidazole rings is 1. The zero-order valence-electron chi connectivity index (χ0n) is 24.0. The van der Waals surface area contributed by atoms with Gasteiger partial charge in [-0.1, -0.05) is 18.2 Å². The smallest absolute Gasteiger partial charge is 0.490 e. The first-order chi connectivity index (χ1) is 20.6. The fourth-order valence-corrected chi connectivity index (χ4v) is 4.80. The Morgan fingerprint density at radius 2 is 1.52 bits per heavy atom. The molecule has 16 heteroatoms. The van der Waals surface area contributed by atoms with Crippen LogP contribution < -0.4 is 9.64 Å². The third-order valence-corrected chi connectivity index (χ3v) is 7.02. The summed E-state index contributed by atoms with van der Waals surface area (Å²) in [6.45, 7) is 6.32. The van der Waals surface area contributed by atoms with E-state index in [1.807, 2.05) is 6.07 Å². The van der Waals surface area contributed by atoms with Crippen LogP contribution >= 0.6 is 0 Å². The van der Waals surface area contributed by atoms with Crippen LogP contribution in [0.5, 0.6) is 5.75 Å². The molecule has 44 heavy (non-hydrogen) atoms. The predicted octanol–water partition coefficient (Wildman–Crippen LogP) is 4.70. The van der Waals surface area contributed by atoms with Gasteiger partial charge in [0.25, 0.3) is 0 Å². The molecule has 2 N–H and O–H groups in total. The monoisotopic (exact) mass is 633 g/mol. The van der Waals surface area contributed by atoms with E-state index in [1.54, 1.807) is 7.11 Å². The third kappa shape index (κ3) is 9.47. The number of fused-ring (bicyclic) bond motifs is 1. The van der Waals surface area contributed by atoms with Crippen molar-refractivity contribution in [2.24, 2.45) is 0 Å². The van der Waals surface area contributed by atoms with Crippen LogP contribution in [0.2, 0.25) is 0 Å². The molecule has 1 unspecified atom stereocenters. The van der Waals surface area contributed by atoms with Gasteiger partial charge >= 0.3 is 24.3 Å². The number of hydrogen-bond donors (Lipinski definition) is 2. The van der Waals surface area contributed by atoms with Crippen LogP contribution in [0.3, 0.4) is 0 Å². The van der Waals surface area contributed by atoms with Crippen molar-refractivity contribution in [3.05, 3.63) is 59.9 Å². The normalized spacial score (nSPS) is 17.8. The number of rotatable bonds is 5. The van der Waals surface area contributed by atoms with E-state index < -0.39 is 24.3 Å². The number of pyridine rings is 1. The zero-order valence-corrected chi connectivity index (χ0v) is 24.0. The third-order valence-electron chi connectivity index (χ3n) is 7.02. The van der Waals surface area contributed by atoms with Crippen LogP contribution in [0.15, 0.2) is 48.7 Å². The van der Waals surface area contributed by atoms with Crippen LogP contribution in [0.1, 0.15) is 30.1 Å². The van der Waals surface area contributed by atoms with Crippen LogP contribution in [-0.2, 0) is 16.1 Å². The van der Waals surface area contributed by atoms with Crippen LogP contribution in [0.25, 0.3) is 5.65 Å². The van der Waals surface area contributed by atoms with Gasteiger partial charge in [-0.05, 0) is 49.7 Å². The molecule has 0 amide bonds. The molecule has 4 heterocycles. The van der Waals surface area contributed by atoms with E-state index in [0.29, 0.717) is 6.04 Å². The largest absolute Gasteiger partial charge is 0.497 e. The van der Waals surface area contributed by atoms with Crippen LogP contribution in [-0.4, -0.2) is 101 Å². The number of alkyl halides is 6. The minimum absolute atomic E-state index is 0.302. The highest BCUT2D eigenvalue weighted by Crippen LogP contribution is 2.28. The molecule has 2 aliphatic heterocycles. The summed E-state index contributed by atoms with van der Waals surface area (Å²) in [4.78, 5) is 30.3. The molecule has 0 spiro atoms. The Hall–Kier alpha value is -4.05. The van der Waals surface area contributed by atoms with Gasteiger partial charge in [0.2, 0.25) is 0 Å². The minimum Gasteiger partial charge on any atom is -0.497 e. The average Bonchev–Trinajstić information content (AvgIpc) is 3.64. The highest BCUT2D eigenvalue weighted by molar-refractivity contribution is 5.73. The Kier molecular flexibility index (Phi) is 11.4. The predicted molar refractivity (Wildman–Crippen MR) is 148 cm³/mol. The van der Waals surface area contributed by atoms with Gasteiger partial charge in [-0.2, -0.15) is 26.3 Å². The Balaban J connectivity index is 0.000000317. The van der Waals surface area contributed by atoms with Gasteiger partial charge in [0.15, 0.2) is 0 Å². The van der Waals surface area contributed by atoms with Crippen molar-refractivity contribution in [2.45, 2.75) is 37.8 Å². The highest BCUT2D eigenvalue weighted by Gasteiger charge is 2.39. The van der Waals surface area contributed by atoms with Crippen LogP contribution in [0, 0.1) is 0 Å². The molecule has 2 saturated heterocycles. The number of carboxylic acid groups (broad SMARTS) is 2. The molecule has 0 saturated carbocycles. The Morgan fingerprint density at radius 3 is 2.09 bits per heavy atom. The lowest BCUT2D eigenvalue weighted by molar-refractivity contribution is -0.193. The molecular weight excluding hydrogens is 600 g/mol. The van der Waals surface area contributed by atoms with Crippen LogP contribution in [0.4, 0.5) is 32.2 Å². The summed E-state index contributed by atoms with van der Waals surface area (Å²) < 4.78 is 71.2. The molecule has 1 aromatic carbocycles. The van der Waals surface area contributed by atoms with E-state index in [9.17, 15) is 26.3 Å². The molecule has 3 aromatic rings. The maximum Gasteiger partial charge on any atom is 0.490 e. The minimum atomic E-state index is -5.08. The van der Waals surface area contributed by atoms with Crippen molar-refractivity contribution in [1.82, 2.24) is 19.2 Å². The van der Waals surface area contributed by atoms with Gasteiger partial charge in [0.1, 0.15) is 17.2 Å². The van der Waals surface area contributed by atoms with Gasteiger partial charge in [-0.15, -0.1) is 0 Å². The molecular formula is C28H33F6N5O5. The molecule has 2 aliphatic rings. The molecule has 10 nitrogen and oxygen atoms in total. The topological polar surface area (TPSA) is 111 Å². The quantitative estimate of drug-likeness (QED) is 0.387. The number of nitrogens with zero attached hydrogens (tertiary/aromatic N) is 5. The number of carbonyl (C=O) groups is 2. The second-order valence-electron chi connectivity index (χ2n) is 10.2. The number of ether oxygens (including phenoxy) is 1. The van der Waals surface area contributed by atoms with E-state index in [0.717, 1.165) is 50.7 Å². The summed E-state index contributed by atoms with van der Waals surface area (Å²) in [7, 11) is 3.95. The summed E-state index contributed by atoms with van der Waals surface area (Å²) in [5, 5.41) is 14.2. The van der Waals surface area contributed by atoms with Gasteiger partial charge in [-0.3, -0.25) is 14.2 Å². The Labute approximate surface area is 249 Å². The zero-order chi connectivity index (χ0) is 32.7. The lowest BCUT2D eigenvalue weighted by Crippen LogP contribution is -2.46. The summed E-state index contributed by atoms with van der Waals surface area (Å²) in [5.74, 6) is -3.32. The first-order valence-corrected chi connectivity index (χ1v) is 13.5. The lowest BCUT2D eigenvalue weighted by atomic mass is 10.1. The second kappa shape index (κ2) is 14.6. The fraction of sp³-hybridized carbons (Fsp3) is 0.464. The highest BCUT2D eigenvalue weighted by atomic mass is 19.4. The number of hydrogen-bond acceptors (Lipinski definition) is 7. The molecule has 0 aliphatic carbocycles. The molecule has 5 rings (SSSR count). The second-order valence-corrected chi connectivity index (χ2v) is 10.2. The van der Waals surface area contributed by atoms with E-state index in [2.05, 4.69) is 68.7 Å². The summed E-state index contributed by atoms with van der Waals surface area (Å²) >= 11 is 0. The summed E-state index contributed by atoms with van der Waals surface area (Å²) in [5.41, 5.74) is 3.51. The van der Waals surface area contributed by atoms with Crippen molar-refractivity contribution in [3.8, 4) is 5.75 Å². The van der Waals surface area contributed by atoms with Gasteiger partial charge in [-0.25, -0.2) is 14.6 Å². The number of methoxy groups -OCH3 is 1. The summed E-state index contributed by atoms with van der Waals surface area (Å²) in [6, 6.07) is 15.2. The van der Waals surface area contributed by atoms with Crippen molar-refractivity contribution in [1.29, 1.82) is 0 Å². The Morgan fingerprint density at radius 1 is 0.932 bits per heavy atom. The lowest BCUT2D eigenvalue weighted by Gasteiger charge is -2.38. The number of piperazine rings is 1. The SMILES string of the molecule is COc1cccc(CN2CCN(C)C(c3cn4c(N5CCCC5)cccc4n3)C2)c1.O=C(O)C(F)(F)F.O=C(O)C(F)(F)F. The number of halogens is 6. The fourth-order valence-electron chi connectivity index (χ4n) is 4.80. The first kappa shape index (κ1) is 34.4. The number of benzene rings is 1. The average molecular weight is 634 g/mol. The molecule has 1 atom stereocenters. The van der Waals surface area contributed by atoms with Gasteiger partial charge < -0.3 is 19.8 Å². The van der Waals surface area contributed by atoms with E-state index in [4.69, 9.17) is 29.5 Å². The van der Waals surface area contributed by atoms with Crippen molar-refractivity contribution < 1.29 is 50.9 Å². The molecule has 2 fully saturated rings. The molecule has 0 radical (unpaired) electrons. The van der Waals surface area contributed by atoms with Gasteiger partial charge in [0, 0.05) is 45.5 Å². The van der Waals surface area contributed by atoms with E-state index in [1.165, 1.54) is 29.9 Å².